The van der Waals surface area contributed by atoms with Gasteiger partial charge in [-0.15, -0.1) is 0 Å². The van der Waals surface area contributed by atoms with Crippen molar-refractivity contribution in [3.05, 3.63) is 57.0 Å². The zero-order valence-corrected chi connectivity index (χ0v) is 14.1. The number of hydrogen-bond donors (Lipinski definition) is 1. The minimum Gasteiger partial charge on any atom is -0.301 e. The SMILES string of the molecule is Cc1c(C2(c3c(F)cccc3F)CC2)nc(SC(C)C)[nH]c1=O. The van der Waals surface area contributed by atoms with Crippen molar-refractivity contribution in [3.63, 3.8) is 0 Å². The molecule has 0 spiro atoms. The van der Waals surface area contributed by atoms with Crippen LogP contribution in [0.3, 0.4) is 0 Å². The lowest BCUT2D eigenvalue weighted by molar-refractivity contribution is 0.530. The molecule has 0 saturated heterocycles. The molecule has 23 heavy (non-hydrogen) atoms. The molecular formula is C17H18F2N2OS. The number of hydrogen-bond acceptors (Lipinski definition) is 3. The van der Waals surface area contributed by atoms with Crippen molar-refractivity contribution in [1.29, 1.82) is 0 Å². The van der Waals surface area contributed by atoms with Crippen molar-refractivity contribution in [2.24, 2.45) is 0 Å². The van der Waals surface area contributed by atoms with Gasteiger partial charge < -0.3 is 4.98 Å². The van der Waals surface area contributed by atoms with Crippen LogP contribution in [0.25, 0.3) is 0 Å². The van der Waals surface area contributed by atoms with E-state index in [-0.39, 0.29) is 16.4 Å². The Hall–Kier alpha value is -1.69. The molecule has 1 aliphatic carbocycles. The maximum absolute atomic E-state index is 14.3. The fourth-order valence-electron chi connectivity index (χ4n) is 2.94. The second-order valence-electron chi connectivity index (χ2n) is 6.19. The van der Waals surface area contributed by atoms with E-state index in [2.05, 4.69) is 9.97 Å². The summed E-state index contributed by atoms with van der Waals surface area (Å²) < 4.78 is 28.5. The van der Waals surface area contributed by atoms with Gasteiger partial charge in [0, 0.05) is 21.8 Å². The normalized spacial score (nSPS) is 15.9. The second-order valence-corrected chi connectivity index (χ2v) is 7.76. The number of halogens is 2. The van der Waals surface area contributed by atoms with Gasteiger partial charge in [-0.2, -0.15) is 0 Å². The van der Waals surface area contributed by atoms with E-state index in [0.29, 0.717) is 29.3 Å². The first-order chi connectivity index (χ1) is 10.8. The van der Waals surface area contributed by atoms with E-state index in [0.717, 1.165) is 0 Å². The predicted molar refractivity (Wildman–Crippen MR) is 87.0 cm³/mol. The van der Waals surface area contributed by atoms with Gasteiger partial charge in [0.2, 0.25) is 0 Å². The number of nitrogens with one attached hydrogen (secondary N) is 1. The molecule has 1 fully saturated rings. The first-order valence-electron chi connectivity index (χ1n) is 7.57. The van der Waals surface area contributed by atoms with Crippen molar-refractivity contribution >= 4 is 11.8 Å². The summed E-state index contributed by atoms with van der Waals surface area (Å²) in [6.07, 6.45) is 1.18. The van der Waals surface area contributed by atoms with E-state index in [1.165, 1.54) is 30.0 Å². The van der Waals surface area contributed by atoms with Crippen LogP contribution in [0.5, 0.6) is 0 Å². The Kier molecular flexibility index (Phi) is 4.04. The van der Waals surface area contributed by atoms with Crippen LogP contribution in [0.15, 0.2) is 28.2 Å². The molecule has 122 valence electrons. The van der Waals surface area contributed by atoms with Gasteiger partial charge in [-0.25, -0.2) is 13.8 Å². The molecule has 0 atom stereocenters. The van der Waals surface area contributed by atoms with Crippen molar-refractivity contribution in [1.82, 2.24) is 9.97 Å². The van der Waals surface area contributed by atoms with E-state index >= 15 is 0 Å². The third-order valence-electron chi connectivity index (χ3n) is 4.12. The number of rotatable bonds is 4. The molecule has 2 aromatic rings. The number of aromatic amines is 1. The molecular weight excluding hydrogens is 318 g/mol. The third-order valence-corrected chi connectivity index (χ3v) is 5.01. The largest absolute Gasteiger partial charge is 0.301 e. The van der Waals surface area contributed by atoms with Gasteiger partial charge in [0.15, 0.2) is 5.16 Å². The maximum atomic E-state index is 14.3. The lowest BCUT2D eigenvalue weighted by Crippen LogP contribution is -2.24. The molecule has 0 bridgehead atoms. The maximum Gasteiger partial charge on any atom is 0.254 e. The van der Waals surface area contributed by atoms with Crippen molar-refractivity contribution in [3.8, 4) is 0 Å². The topological polar surface area (TPSA) is 45.8 Å². The van der Waals surface area contributed by atoms with Gasteiger partial charge in [0.25, 0.3) is 5.56 Å². The number of thioether (sulfide) groups is 1. The van der Waals surface area contributed by atoms with Gasteiger partial charge in [-0.05, 0) is 31.9 Å². The molecule has 6 heteroatoms. The highest BCUT2D eigenvalue weighted by atomic mass is 32.2. The van der Waals surface area contributed by atoms with E-state index in [9.17, 15) is 13.6 Å². The Morgan fingerprint density at radius 2 is 1.87 bits per heavy atom. The summed E-state index contributed by atoms with van der Waals surface area (Å²) in [4.78, 5) is 19.5. The summed E-state index contributed by atoms with van der Waals surface area (Å²) in [5.74, 6) is -1.16. The van der Waals surface area contributed by atoms with Gasteiger partial charge in [0.05, 0.1) is 5.69 Å². The van der Waals surface area contributed by atoms with Crippen LogP contribution in [0.4, 0.5) is 8.78 Å². The lowest BCUT2D eigenvalue weighted by atomic mass is 9.89. The fraction of sp³-hybridized carbons (Fsp3) is 0.412. The van der Waals surface area contributed by atoms with E-state index in [1.54, 1.807) is 6.92 Å². The smallest absolute Gasteiger partial charge is 0.254 e. The highest BCUT2D eigenvalue weighted by molar-refractivity contribution is 7.99. The summed E-state index contributed by atoms with van der Waals surface area (Å²) in [6.45, 7) is 5.64. The number of nitrogens with zero attached hydrogens (tertiary/aromatic N) is 1. The minimum absolute atomic E-state index is 0.0293. The molecule has 0 aliphatic heterocycles. The molecule has 1 heterocycles. The first kappa shape index (κ1) is 16.2. The molecule has 3 rings (SSSR count). The van der Waals surface area contributed by atoms with Gasteiger partial charge in [-0.1, -0.05) is 31.7 Å². The third kappa shape index (κ3) is 2.80. The first-order valence-corrected chi connectivity index (χ1v) is 8.45. The Balaban J connectivity index is 2.18. The molecule has 0 amide bonds. The molecule has 3 nitrogen and oxygen atoms in total. The Morgan fingerprint density at radius 3 is 2.39 bits per heavy atom. The zero-order valence-electron chi connectivity index (χ0n) is 13.2. The van der Waals surface area contributed by atoms with Crippen LogP contribution in [0.1, 0.15) is 43.5 Å². The minimum atomic E-state index is -0.819. The van der Waals surface area contributed by atoms with Gasteiger partial charge in [0.1, 0.15) is 11.6 Å². The quantitative estimate of drug-likeness (QED) is 0.679. The highest BCUT2D eigenvalue weighted by Crippen LogP contribution is 2.54. The Bertz CT molecular complexity index is 792. The van der Waals surface area contributed by atoms with Crippen LogP contribution >= 0.6 is 11.8 Å². The lowest BCUT2D eigenvalue weighted by Gasteiger charge is -2.19. The number of benzene rings is 1. The average molecular weight is 336 g/mol. The van der Waals surface area contributed by atoms with E-state index in [1.807, 2.05) is 13.8 Å². The standard InChI is InChI=1S/C17H18F2N2OS/c1-9(2)23-16-20-14(10(3)15(22)21-16)17(7-8-17)13-11(18)5-4-6-12(13)19/h4-6,9H,7-8H2,1-3H3,(H,20,21,22). The summed E-state index contributed by atoms with van der Waals surface area (Å²) in [7, 11) is 0. The van der Waals surface area contributed by atoms with Crippen LogP contribution in [0.2, 0.25) is 0 Å². The highest BCUT2D eigenvalue weighted by Gasteiger charge is 2.52. The molecule has 1 aliphatic rings. The number of H-pyrrole nitrogens is 1. The van der Waals surface area contributed by atoms with Crippen molar-refractivity contribution < 1.29 is 8.78 Å². The summed E-state index contributed by atoms with van der Waals surface area (Å²) in [5.41, 5.74) is -0.116. The summed E-state index contributed by atoms with van der Waals surface area (Å²) in [5, 5.41) is 0.739. The average Bonchev–Trinajstić information content (AvgIpc) is 3.23. The van der Waals surface area contributed by atoms with E-state index in [4.69, 9.17) is 0 Å². The van der Waals surface area contributed by atoms with Crippen LogP contribution in [-0.2, 0) is 5.41 Å². The molecule has 0 radical (unpaired) electrons. The fourth-order valence-corrected chi connectivity index (χ4v) is 3.68. The van der Waals surface area contributed by atoms with Crippen LogP contribution < -0.4 is 5.56 Å². The second kappa shape index (κ2) is 5.74. The Morgan fingerprint density at radius 1 is 1.26 bits per heavy atom. The predicted octanol–water partition coefficient (Wildman–Crippen LogP) is 3.94. The van der Waals surface area contributed by atoms with Crippen LogP contribution in [0, 0.1) is 18.6 Å². The molecule has 1 N–H and O–H groups in total. The Labute approximate surface area is 137 Å². The van der Waals surface area contributed by atoms with Crippen molar-refractivity contribution in [2.45, 2.75) is 49.4 Å². The van der Waals surface area contributed by atoms with Crippen molar-refractivity contribution in [2.75, 3.05) is 0 Å². The molecule has 1 saturated carbocycles. The summed E-state index contributed by atoms with van der Waals surface area (Å²) in [6, 6.07) is 3.86. The molecule has 1 aromatic carbocycles. The molecule has 0 unspecified atom stereocenters. The van der Waals surface area contributed by atoms with E-state index < -0.39 is 17.0 Å². The monoisotopic (exact) mass is 336 g/mol. The van der Waals surface area contributed by atoms with Gasteiger partial charge in [-0.3, -0.25) is 4.79 Å². The number of aromatic nitrogens is 2. The van der Waals surface area contributed by atoms with Crippen LogP contribution in [-0.4, -0.2) is 15.2 Å². The molecule has 1 aromatic heterocycles. The summed E-state index contributed by atoms with van der Waals surface area (Å²) >= 11 is 1.43. The zero-order chi connectivity index (χ0) is 16.8. The van der Waals surface area contributed by atoms with Gasteiger partial charge >= 0.3 is 0 Å².